The molecule has 3 nitrogen and oxygen atoms in total. The minimum absolute atomic E-state index is 0.788. The first-order chi connectivity index (χ1) is 9.86. The zero-order chi connectivity index (χ0) is 13.8. The quantitative estimate of drug-likeness (QED) is 0.663. The van der Waals surface area contributed by atoms with E-state index in [0.29, 0.717) is 0 Å². The van der Waals surface area contributed by atoms with Crippen molar-refractivity contribution in [2.75, 3.05) is 6.54 Å². The highest BCUT2D eigenvalue weighted by Crippen LogP contribution is 2.34. The number of fused-ring (bicyclic) bond motifs is 1. The van der Waals surface area contributed by atoms with Crippen molar-refractivity contribution in [2.24, 2.45) is 0 Å². The molecule has 0 radical (unpaired) electrons. The van der Waals surface area contributed by atoms with E-state index in [9.17, 15) is 0 Å². The molecule has 0 atom stereocenters. The first-order valence-electron chi connectivity index (χ1n) is 7.64. The molecule has 3 rings (SSSR count). The number of hydrogen-bond acceptors (Lipinski definition) is 4. The van der Waals surface area contributed by atoms with Gasteiger partial charge >= 0.3 is 0 Å². The van der Waals surface area contributed by atoms with Gasteiger partial charge in [-0.15, -0.1) is 11.3 Å². The lowest BCUT2D eigenvalue weighted by Crippen LogP contribution is -2.13. The molecule has 2 heterocycles. The second kappa shape index (κ2) is 6.55. The number of rotatable bonds is 5. The third-order valence-corrected chi connectivity index (χ3v) is 4.97. The fraction of sp³-hybridized carbons (Fsp3) is 0.562. The second-order valence-electron chi connectivity index (χ2n) is 5.44. The van der Waals surface area contributed by atoms with Gasteiger partial charge in [-0.2, -0.15) is 0 Å². The van der Waals surface area contributed by atoms with Gasteiger partial charge in [0, 0.05) is 11.4 Å². The van der Waals surface area contributed by atoms with Gasteiger partial charge in [0.25, 0.3) is 0 Å². The molecule has 20 heavy (non-hydrogen) atoms. The molecular weight excluding hydrogens is 268 g/mol. The summed E-state index contributed by atoms with van der Waals surface area (Å²) in [5, 5.41) is 3.35. The Kier molecular flexibility index (Phi) is 4.53. The Morgan fingerprint density at radius 3 is 3.10 bits per heavy atom. The fourth-order valence-electron chi connectivity index (χ4n) is 2.67. The summed E-state index contributed by atoms with van der Waals surface area (Å²) in [6, 6.07) is 2.29. The van der Waals surface area contributed by atoms with Gasteiger partial charge in [0.1, 0.15) is 6.26 Å². The molecule has 4 heteroatoms. The summed E-state index contributed by atoms with van der Waals surface area (Å²) in [6.07, 6.45) is 9.38. The summed E-state index contributed by atoms with van der Waals surface area (Å²) < 4.78 is 5.65. The molecule has 2 aromatic heterocycles. The molecule has 0 saturated heterocycles. The number of oxazole rings is 1. The van der Waals surface area contributed by atoms with Crippen LogP contribution in [0.2, 0.25) is 0 Å². The van der Waals surface area contributed by atoms with Crippen molar-refractivity contribution in [3.8, 4) is 10.8 Å². The van der Waals surface area contributed by atoms with Crippen molar-refractivity contribution >= 4 is 11.3 Å². The Morgan fingerprint density at radius 2 is 2.20 bits per heavy atom. The van der Waals surface area contributed by atoms with Crippen molar-refractivity contribution in [2.45, 2.75) is 52.0 Å². The van der Waals surface area contributed by atoms with Crippen molar-refractivity contribution < 1.29 is 4.42 Å². The topological polar surface area (TPSA) is 38.1 Å². The standard InChI is InChI=1S/C16H22N2OS/c1-2-8-17-10-13-11-19-16(18-13)15-9-12-6-4-3-5-7-14(12)20-15/h9,11,17H,2-8,10H2,1H3. The maximum atomic E-state index is 5.65. The molecular formula is C16H22N2OS. The van der Waals surface area contributed by atoms with Gasteiger partial charge in [-0.3, -0.25) is 0 Å². The number of thiophene rings is 1. The Balaban J connectivity index is 1.73. The molecule has 0 aliphatic heterocycles. The van der Waals surface area contributed by atoms with Crippen molar-refractivity contribution in [1.29, 1.82) is 0 Å². The van der Waals surface area contributed by atoms with Gasteiger partial charge in [0.2, 0.25) is 5.89 Å². The van der Waals surface area contributed by atoms with Gasteiger partial charge in [-0.05, 0) is 50.3 Å². The van der Waals surface area contributed by atoms with Gasteiger partial charge in [0.15, 0.2) is 0 Å². The number of nitrogens with one attached hydrogen (secondary N) is 1. The summed E-state index contributed by atoms with van der Waals surface area (Å²) in [5.74, 6) is 0.788. The van der Waals surface area contributed by atoms with Crippen LogP contribution in [0.1, 0.15) is 48.7 Å². The third-order valence-electron chi connectivity index (χ3n) is 3.74. The SMILES string of the molecule is CCCNCc1coc(-c2cc3c(s2)CCCCC3)n1. The van der Waals surface area contributed by atoms with Crippen LogP contribution in [0.25, 0.3) is 10.8 Å². The average molecular weight is 290 g/mol. The Labute approximate surface area is 124 Å². The Hall–Kier alpha value is -1.13. The Morgan fingerprint density at radius 1 is 1.30 bits per heavy atom. The highest BCUT2D eigenvalue weighted by molar-refractivity contribution is 7.15. The van der Waals surface area contributed by atoms with E-state index < -0.39 is 0 Å². The van der Waals surface area contributed by atoms with Gasteiger partial charge in [-0.25, -0.2) is 4.98 Å². The van der Waals surface area contributed by atoms with Crippen molar-refractivity contribution in [3.63, 3.8) is 0 Å². The summed E-state index contributed by atoms with van der Waals surface area (Å²) in [5.41, 5.74) is 2.52. The minimum Gasteiger partial charge on any atom is -0.444 e. The molecule has 0 fully saturated rings. The summed E-state index contributed by atoms with van der Waals surface area (Å²) in [7, 11) is 0. The van der Waals surface area contributed by atoms with Crippen LogP contribution in [0.4, 0.5) is 0 Å². The zero-order valence-electron chi connectivity index (χ0n) is 12.1. The number of aromatic nitrogens is 1. The fourth-order valence-corrected chi connectivity index (χ4v) is 3.85. The van der Waals surface area contributed by atoms with Crippen LogP contribution >= 0.6 is 11.3 Å². The van der Waals surface area contributed by atoms with Gasteiger partial charge in [0.05, 0.1) is 10.6 Å². The molecule has 108 valence electrons. The Bertz CT molecular complexity index is 535. The zero-order valence-corrected chi connectivity index (χ0v) is 12.9. The molecule has 0 spiro atoms. The van der Waals surface area contributed by atoms with E-state index in [4.69, 9.17) is 4.42 Å². The van der Waals surface area contributed by atoms with E-state index in [2.05, 4.69) is 23.3 Å². The van der Waals surface area contributed by atoms with E-state index in [-0.39, 0.29) is 0 Å². The largest absolute Gasteiger partial charge is 0.444 e. The predicted molar refractivity (Wildman–Crippen MR) is 83.1 cm³/mol. The lowest BCUT2D eigenvalue weighted by molar-refractivity contribution is 0.571. The number of nitrogens with zero attached hydrogens (tertiary/aromatic N) is 1. The van der Waals surface area contributed by atoms with Crippen LogP contribution in [-0.2, 0) is 19.4 Å². The van der Waals surface area contributed by atoms with Crippen LogP contribution in [0, 0.1) is 0 Å². The highest BCUT2D eigenvalue weighted by Gasteiger charge is 2.16. The molecule has 1 aliphatic carbocycles. The predicted octanol–water partition coefficient (Wildman–Crippen LogP) is 4.17. The van der Waals surface area contributed by atoms with E-state index >= 15 is 0 Å². The van der Waals surface area contributed by atoms with E-state index in [1.165, 1.54) is 42.5 Å². The molecule has 2 aromatic rings. The molecule has 0 bridgehead atoms. The van der Waals surface area contributed by atoms with Crippen LogP contribution in [0.15, 0.2) is 16.7 Å². The van der Waals surface area contributed by atoms with Gasteiger partial charge in [-0.1, -0.05) is 13.3 Å². The van der Waals surface area contributed by atoms with E-state index in [1.807, 2.05) is 11.3 Å². The number of hydrogen-bond donors (Lipinski definition) is 1. The molecule has 0 amide bonds. The van der Waals surface area contributed by atoms with E-state index in [0.717, 1.165) is 31.1 Å². The van der Waals surface area contributed by atoms with Crippen molar-refractivity contribution in [1.82, 2.24) is 10.3 Å². The first-order valence-corrected chi connectivity index (χ1v) is 8.45. The van der Waals surface area contributed by atoms with Gasteiger partial charge < -0.3 is 9.73 Å². The summed E-state index contributed by atoms with van der Waals surface area (Å²) >= 11 is 1.87. The molecule has 1 N–H and O–H groups in total. The van der Waals surface area contributed by atoms with Crippen LogP contribution in [-0.4, -0.2) is 11.5 Å². The van der Waals surface area contributed by atoms with E-state index in [1.54, 1.807) is 11.1 Å². The highest BCUT2D eigenvalue weighted by atomic mass is 32.1. The normalized spacial score (nSPS) is 15.1. The maximum absolute atomic E-state index is 5.65. The smallest absolute Gasteiger partial charge is 0.236 e. The lowest BCUT2D eigenvalue weighted by Gasteiger charge is -1.96. The summed E-state index contributed by atoms with van der Waals surface area (Å²) in [4.78, 5) is 7.34. The molecule has 0 saturated carbocycles. The van der Waals surface area contributed by atoms with Crippen LogP contribution in [0.3, 0.4) is 0 Å². The molecule has 1 aliphatic rings. The average Bonchev–Trinajstić information content (AvgIpc) is 3.02. The minimum atomic E-state index is 0.788. The third kappa shape index (κ3) is 3.13. The van der Waals surface area contributed by atoms with Crippen LogP contribution < -0.4 is 5.32 Å². The molecule has 0 unspecified atom stereocenters. The second-order valence-corrected chi connectivity index (χ2v) is 6.58. The maximum Gasteiger partial charge on any atom is 0.236 e. The lowest BCUT2D eigenvalue weighted by atomic mass is 10.1. The van der Waals surface area contributed by atoms with Crippen LogP contribution in [0.5, 0.6) is 0 Å². The van der Waals surface area contributed by atoms with Crippen molar-refractivity contribution in [3.05, 3.63) is 28.5 Å². The molecule has 0 aromatic carbocycles. The first kappa shape index (κ1) is 13.8. The number of aryl methyl sites for hydroxylation is 2. The summed E-state index contributed by atoms with van der Waals surface area (Å²) in [6.45, 7) is 3.98. The monoisotopic (exact) mass is 290 g/mol.